The summed E-state index contributed by atoms with van der Waals surface area (Å²) >= 11 is 0. The second kappa shape index (κ2) is 5.76. The quantitative estimate of drug-likeness (QED) is 0.579. The van der Waals surface area contributed by atoms with Crippen LogP contribution in [0.25, 0.3) is 11.3 Å². The van der Waals surface area contributed by atoms with E-state index in [0.717, 1.165) is 0 Å². The van der Waals surface area contributed by atoms with E-state index in [0.29, 0.717) is 0 Å². The minimum Gasteiger partial charge on any atom is -0.201 e. The first-order chi connectivity index (χ1) is 9.67. The van der Waals surface area contributed by atoms with Gasteiger partial charge in [0.25, 0.3) is 0 Å². The SMILES string of the molecule is Cc1ccc(-c2cc(C[Si](C)(C)C)c(C)cc2C)[n+](C)c1. The zero-order valence-electron chi connectivity index (χ0n) is 14.5. The average molecular weight is 299 g/mol. The molecule has 1 aromatic carbocycles. The maximum Gasteiger partial charge on any atom is 0.212 e. The van der Waals surface area contributed by atoms with Gasteiger partial charge in [0.2, 0.25) is 5.69 Å². The van der Waals surface area contributed by atoms with Crippen LogP contribution in [-0.2, 0) is 13.1 Å². The number of hydrogen-bond donors (Lipinski definition) is 0. The lowest BCUT2D eigenvalue weighted by atomic mass is 9.98. The molecule has 0 unspecified atom stereocenters. The van der Waals surface area contributed by atoms with Crippen molar-refractivity contribution >= 4 is 8.07 Å². The van der Waals surface area contributed by atoms with Crippen molar-refractivity contribution in [2.24, 2.45) is 7.05 Å². The highest BCUT2D eigenvalue weighted by atomic mass is 28.3. The minimum atomic E-state index is -1.10. The monoisotopic (exact) mass is 298 g/mol. The van der Waals surface area contributed by atoms with Gasteiger partial charge in [0.15, 0.2) is 6.20 Å². The molecule has 0 bridgehead atoms. The lowest BCUT2D eigenvalue weighted by Gasteiger charge is -2.19. The third-order valence-electron chi connectivity index (χ3n) is 3.96. The largest absolute Gasteiger partial charge is 0.212 e. The third-order valence-corrected chi connectivity index (χ3v) is 5.40. The number of rotatable bonds is 3. The van der Waals surface area contributed by atoms with Gasteiger partial charge in [-0.15, -0.1) is 0 Å². The van der Waals surface area contributed by atoms with Gasteiger partial charge in [-0.25, -0.2) is 4.57 Å². The Labute approximate surface area is 130 Å². The fourth-order valence-electron chi connectivity index (χ4n) is 2.96. The van der Waals surface area contributed by atoms with Gasteiger partial charge >= 0.3 is 0 Å². The van der Waals surface area contributed by atoms with Gasteiger partial charge in [-0.3, -0.25) is 0 Å². The second-order valence-corrected chi connectivity index (χ2v) is 13.0. The van der Waals surface area contributed by atoms with Crippen LogP contribution in [-0.4, -0.2) is 8.07 Å². The predicted molar refractivity (Wildman–Crippen MR) is 94.3 cm³/mol. The standard InChI is InChI=1S/C19H28NSi/c1-14-8-9-19(20(4)12-14)18-11-17(13-21(5,6)7)15(2)10-16(18)3/h8-12H,13H2,1-7H3/q+1. The summed E-state index contributed by atoms with van der Waals surface area (Å²) in [6, 6.07) is 10.5. The van der Waals surface area contributed by atoms with Gasteiger partial charge in [-0.1, -0.05) is 25.7 Å². The van der Waals surface area contributed by atoms with Crippen LogP contribution in [0.3, 0.4) is 0 Å². The van der Waals surface area contributed by atoms with Crippen LogP contribution in [0.1, 0.15) is 22.3 Å². The Morgan fingerprint density at radius 1 is 0.952 bits per heavy atom. The average Bonchev–Trinajstić information content (AvgIpc) is 2.32. The van der Waals surface area contributed by atoms with E-state index in [9.17, 15) is 0 Å². The molecule has 2 heteroatoms. The number of aromatic nitrogens is 1. The summed E-state index contributed by atoms with van der Waals surface area (Å²) in [5.41, 5.74) is 8.30. The molecular formula is C19H28NSi+. The molecule has 1 aromatic heterocycles. The first-order valence-electron chi connectivity index (χ1n) is 7.74. The lowest BCUT2D eigenvalue weighted by molar-refractivity contribution is -0.660. The number of aryl methyl sites for hydroxylation is 4. The summed E-state index contributed by atoms with van der Waals surface area (Å²) in [6.45, 7) is 13.9. The Bertz CT molecular complexity index is 666. The van der Waals surface area contributed by atoms with Crippen LogP contribution < -0.4 is 4.57 Å². The lowest BCUT2D eigenvalue weighted by Crippen LogP contribution is -2.31. The summed E-state index contributed by atoms with van der Waals surface area (Å²) in [6.07, 6.45) is 2.20. The summed E-state index contributed by atoms with van der Waals surface area (Å²) in [5.74, 6) is 0. The first kappa shape index (κ1) is 16.0. The second-order valence-electron chi connectivity index (χ2n) is 7.53. The van der Waals surface area contributed by atoms with E-state index >= 15 is 0 Å². The Morgan fingerprint density at radius 2 is 1.62 bits per heavy atom. The maximum absolute atomic E-state index is 2.44. The van der Waals surface area contributed by atoms with Gasteiger partial charge in [0.05, 0.1) is 0 Å². The highest BCUT2D eigenvalue weighted by Crippen LogP contribution is 2.26. The van der Waals surface area contributed by atoms with E-state index < -0.39 is 8.07 Å². The topological polar surface area (TPSA) is 3.88 Å². The van der Waals surface area contributed by atoms with Crippen LogP contribution in [0.2, 0.25) is 19.6 Å². The molecule has 0 saturated carbocycles. The molecule has 112 valence electrons. The van der Waals surface area contributed by atoms with E-state index in [-0.39, 0.29) is 0 Å². The van der Waals surface area contributed by atoms with Crippen LogP contribution in [0, 0.1) is 20.8 Å². The van der Waals surface area contributed by atoms with E-state index in [1.165, 1.54) is 39.6 Å². The Balaban J connectivity index is 2.56. The molecule has 0 fully saturated rings. The number of nitrogens with zero attached hydrogens (tertiary/aromatic N) is 1. The van der Waals surface area contributed by atoms with Crippen molar-refractivity contribution in [2.45, 2.75) is 46.5 Å². The maximum atomic E-state index is 2.44. The molecule has 1 heterocycles. The third kappa shape index (κ3) is 3.82. The molecule has 0 spiro atoms. The van der Waals surface area contributed by atoms with E-state index in [1.807, 2.05) is 0 Å². The minimum absolute atomic E-state index is 1.10. The predicted octanol–water partition coefficient (Wildman–Crippen LogP) is 4.52. The molecule has 2 rings (SSSR count). The van der Waals surface area contributed by atoms with Crippen molar-refractivity contribution < 1.29 is 4.57 Å². The summed E-state index contributed by atoms with van der Waals surface area (Å²) in [5, 5.41) is 0. The molecule has 21 heavy (non-hydrogen) atoms. The van der Waals surface area contributed by atoms with E-state index in [1.54, 1.807) is 0 Å². The fraction of sp³-hybridized carbons (Fsp3) is 0.421. The molecule has 0 aliphatic carbocycles. The van der Waals surface area contributed by atoms with Crippen molar-refractivity contribution in [2.75, 3.05) is 0 Å². The smallest absolute Gasteiger partial charge is 0.201 e. The van der Waals surface area contributed by atoms with Crippen LogP contribution in [0.5, 0.6) is 0 Å². The first-order valence-corrected chi connectivity index (χ1v) is 11.4. The van der Waals surface area contributed by atoms with Crippen molar-refractivity contribution in [1.29, 1.82) is 0 Å². The van der Waals surface area contributed by atoms with Crippen molar-refractivity contribution in [3.05, 3.63) is 52.7 Å². The van der Waals surface area contributed by atoms with Crippen LogP contribution in [0.15, 0.2) is 30.5 Å². The number of pyridine rings is 1. The van der Waals surface area contributed by atoms with E-state index in [4.69, 9.17) is 0 Å². The highest BCUT2D eigenvalue weighted by Gasteiger charge is 2.19. The molecule has 0 atom stereocenters. The van der Waals surface area contributed by atoms with Gasteiger partial charge in [0.1, 0.15) is 7.05 Å². The van der Waals surface area contributed by atoms with Gasteiger partial charge in [-0.2, -0.15) is 0 Å². The van der Waals surface area contributed by atoms with Gasteiger partial charge in [-0.05, 0) is 55.6 Å². The zero-order chi connectivity index (χ0) is 15.8. The summed E-state index contributed by atoms with van der Waals surface area (Å²) in [7, 11) is 1.04. The molecule has 0 saturated heterocycles. The normalized spacial score (nSPS) is 11.8. The molecular weight excluding hydrogens is 270 g/mol. The molecule has 0 N–H and O–H groups in total. The molecule has 2 aromatic rings. The van der Waals surface area contributed by atoms with Crippen molar-refractivity contribution in [1.82, 2.24) is 0 Å². The molecule has 0 aliphatic rings. The molecule has 0 aliphatic heterocycles. The number of hydrogen-bond acceptors (Lipinski definition) is 0. The fourth-order valence-corrected chi connectivity index (χ4v) is 4.48. The Hall–Kier alpha value is -1.41. The summed E-state index contributed by atoms with van der Waals surface area (Å²) < 4.78 is 2.24. The molecule has 1 nitrogen and oxygen atoms in total. The highest BCUT2D eigenvalue weighted by molar-refractivity contribution is 6.75. The van der Waals surface area contributed by atoms with Crippen LogP contribution in [0.4, 0.5) is 0 Å². The molecule has 0 amide bonds. The van der Waals surface area contributed by atoms with Crippen LogP contribution >= 0.6 is 0 Å². The Kier molecular flexibility index (Phi) is 4.38. The van der Waals surface area contributed by atoms with Gasteiger partial charge in [0, 0.05) is 25.3 Å². The molecule has 0 radical (unpaired) electrons. The van der Waals surface area contributed by atoms with E-state index in [2.05, 4.69) is 82.5 Å². The summed E-state index contributed by atoms with van der Waals surface area (Å²) in [4.78, 5) is 0. The number of benzene rings is 1. The zero-order valence-corrected chi connectivity index (χ0v) is 15.5. The van der Waals surface area contributed by atoms with Crippen molar-refractivity contribution in [3.8, 4) is 11.3 Å². The van der Waals surface area contributed by atoms with Crippen molar-refractivity contribution in [3.63, 3.8) is 0 Å². The Morgan fingerprint density at radius 3 is 2.19 bits per heavy atom. The van der Waals surface area contributed by atoms with Gasteiger partial charge < -0.3 is 0 Å².